The number of aliphatic hydroxyl groups is 4. The maximum atomic E-state index is 14.5. The molecule has 1 saturated heterocycles. The predicted octanol–water partition coefficient (Wildman–Crippen LogP) is 6.83. The Bertz CT molecular complexity index is 1860. The number of hydrogen-bond donors (Lipinski definition) is 4. The molecule has 3 aliphatic rings. The zero-order chi connectivity index (χ0) is 54.4. The molecule has 0 aromatic rings. The molecule has 16 nitrogen and oxygen atoms in total. The van der Waals surface area contributed by atoms with Crippen LogP contribution in [0.15, 0.2) is 47.6 Å². The number of nitrogens with zero attached hydrogens (tertiary/aromatic N) is 1. The number of allylic oxidation sites excluding steroid dienone is 6. The van der Waals surface area contributed by atoms with Crippen LogP contribution in [0.2, 0.25) is 0 Å². The van der Waals surface area contributed by atoms with Crippen molar-refractivity contribution in [3.05, 3.63) is 47.6 Å². The van der Waals surface area contributed by atoms with E-state index in [0.29, 0.717) is 89.0 Å². The van der Waals surface area contributed by atoms with E-state index in [1.165, 1.54) is 18.9 Å². The maximum Gasteiger partial charge on any atom is 0.329 e. The second-order valence-corrected chi connectivity index (χ2v) is 21.9. The van der Waals surface area contributed by atoms with Crippen LogP contribution in [0.25, 0.3) is 0 Å². The van der Waals surface area contributed by atoms with Crippen molar-refractivity contribution in [2.75, 3.05) is 54.3 Å². The van der Waals surface area contributed by atoms with Crippen molar-refractivity contribution in [1.29, 1.82) is 0 Å². The minimum Gasteiger partial charge on any atom is -0.461 e. The Kier molecular flexibility index (Phi) is 28.0. The largest absolute Gasteiger partial charge is 0.461 e. The summed E-state index contributed by atoms with van der Waals surface area (Å²) in [4.78, 5) is 70.4. The zero-order valence-corrected chi connectivity index (χ0v) is 46.0. The number of rotatable bonds is 14. The summed E-state index contributed by atoms with van der Waals surface area (Å²) in [6.45, 7) is 13.6. The lowest BCUT2D eigenvalue weighted by molar-refractivity contribution is -0.177. The molecule has 2 fully saturated rings. The Labute approximate surface area is 436 Å². The molecular formula is C57H93NO15. The van der Waals surface area contributed by atoms with Gasteiger partial charge in [-0.25, -0.2) is 4.79 Å². The van der Waals surface area contributed by atoms with Crippen LogP contribution in [0.1, 0.15) is 139 Å². The number of carbonyl (C=O) groups is 5. The maximum absolute atomic E-state index is 14.5. The molecule has 2 aliphatic heterocycles. The van der Waals surface area contributed by atoms with E-state index in [1.54, 1.807) is 21.1 Å². The van der Waals surface area contributed by atoms with E-state index < -0.39 is 97.4 Å². The average Bonchev–Trinajstić information content (AvgIpc) is 3.38. The molecule has 0 radical (unpaired) electrons. The lowest BCUT2D eigenvalue weighted by atomic mass is 9.78. The minimum atomic E-state index is -1.45. The standard InChI is InChI=1S/C57H93NO15/c1-36-17-13-12-14-18-39(4)49(68-9)31-44(23-20-38(3)32-59)71-33-46(62)54(65)58-26-16-15-19-45(58)55(66)72-47(24-21-37(2)28-42(7)52(64)53(70-11)51(63)41(6)27-36)40(5)29-43-22-25-48(50(30-43)69-10)73-56(67)57(8,34-60)35-61/h12-14,17-18,28,36-38,40-41,43-45,47-50,52-53,59-61,64H,15-16,19-27,29-35H2,1-11H3/b14-12+,17-13+,39-18?,42-28+/t36-,37+,38-,40-,41-,43+,44+,45+,47+,48-,49+,50-,52-,53+/m1/s1. The van der Waals surface area contributed by atoms with Gasteiger partial charge < -0.3 is 53.7 Å². The van der Waals surface area contributed by atoms with Gasteiger partial charge in [0.15, 0.2) is 5.78 Å². The SMILES string of the molecule is CO[C@H]1C[C@H](CC[C@@H](C)CO)OCC(=O)C(=O)N2CCCC[C@H]2C(=O)O[C@H]([C@H](C)C[C@@H]2CC[C@@H](OC(=O)C(C)(CO)CO)[C@H](OC)C2)CC[C@H](C)/C=C(\C)[C@@H](O)[C@@H](OC)C(=O)[C@H](C)C[C@H](C)/C=C/C=C/C=C1C. The lowest BCUT2D eigenvalue weighted by Gasteiger charge is -2.38. The van der Waals surface area contributed by atoms with Gasteiger partial charge in [0.25, 0.3) is 5.91 Å². The molecule has 16 heteroatoms. The number of cyclic esters (lactones) is 1. The fourth-order valence-electron chi connectivity index (χ4n) is 10.3. The van der Waals surface area contributed by atoms with Crippen molar-refractivity contribution in [1.82, 2.24) is 4.90 Å². The molecule has 0 aromatic carbocycles. The first kappa shape index (κ1) is 63.7. The highest BCUT2D eigenvalue weighted by Gasteiger charge is 2.42. The Morgan fingerprint density at radius 3 is 2.19 bits per heavy atom. The van der Waals surface area contributed by atoms with Gasteiger partial charge in [-0.2, -0.15) is 0 Å². The van der Waals surface area contributed by atoms with Crippen LogP contribution in [-0.2, 0) is 52.4 Å². The Hall–Kier alpha value is -3.61. The number of fused-ring (bicyclic) bond motifs is 1. The summed E-state index contributed by atoms with van der Waals surface area (Å²) in [6, 6.07) is -0.985. The van der Waals surface area contributed by atoms with E-state index >= 15 is 0 Å². The van der Waals surface area contributed by atoms with Crippen LogP contribution in [-0.4, -0.2) is 158 Å². The van der Waals surface area contributed by atoms with E-state index in [9.17, 15) is 44.4 Å². The molecule has 0 unspecified atom stereocenters. The van der Waals surface area contributed by atoms with Crippen molar-refractivity contribution in [2.24, 2.45) is 40.9 Å². The quantitative estimate of drug-likeness (QED) is 0.0795. The molecule has 416 valence electrons. The van der Waals surface area contributed by atoms with Gasteiger partial charge in [0.2, 0.25) is 5.78 Å². The highest BCUT2D eigenvalue weighted by atomic mass is 16.6. The first-order valence-corrected chi connectivity index (χ1v) is 26.9. The molecule has 73 heavy (non-hydrogen) atoms. The van der Waals surface area contributed by atoms with Crippen molar-refractivity contribution < 1.29 is 72.8 Å². The van der Waals surface area contributed by atoms with Gasteiger partial charge in [0.05, 0.1) is 31.5 Å². The Morgan fingerprint density at radius 2 is 1.55 bits per heavy atom. The molecule has 4 N–H and O–H groups in total. The fourth-order valence-corrected chi connectivity index (χ4v) is 10.3. The van der Waals surface area contributed by atoms with E-state index in [0.717, 1.165) is 5.57 Å². The first-order chi connectivity index (χ1) is 34.7. The highest BCUT2D eigenvalue weighted by molar-refractivity contribution is 6.37. The molecule has 0 aromatic heterocycles. The minimum absolute atomic E-state index is 0.00544. The summed E-state index contributed by atoms with van der Waals surface area (Å²) in [5.41, 5.74) is 0.0497. The number of ketones is 2. The molecular weight excluding hydrogens is 939 g/mol. The van der Waals surface area contributed by atoms with Gasteiger partial charge in [0.1, 0.15) is 42.5 Å². The van der Waals surface area contributed by atoms with E-state index in [2.05, 4.69) is 0 Å². The van der Waals surface area contributed by atoms with Gasteiger partial charge in [-0.15, -0.1) is 0 Å². The summed E-state index contributed by atoms with van der Waals surface area (Å²) >= 11 is 0. The molecule has 14 atom stereocenters. The van der Waals surface area contributed by atoms with Crippen LogP contribution >= 0.6 is 0 Å². The third kappa shape index (κ3) is 19.8. The highest BCUT2D eigenvalue weighted by Crippen LogP contribution is 2.36. The van der Waals surface area contributed by atoms with E-state index in [4.69, 9.17) is 28.4 Å². The number of methoxy groups -OCH3 is 3. The predicted molar refractivity (Wildman–Crippen MR) is 278 cm³/mol. The normalized spacial score (nSPS) is 33.3. The van der Waals surface area contributed by atoms with Gasteiger partial charge >= 0.3 is 11.9 Å². The van der Waals surface area contributed by atoms with E-state index in [-0.39, 0.29) is 54.6 Å². The summed E-state index contributed by atoms with van der Waals surface area (Å²) in [5, 5.41) is 40.9. The van der Waals surface area contributed by atoms with Crippen LogP contribution < -0.4 is 0 Å². The van der Waals surface area contributed by atoms with Crippen LogP contribution in [0.3, 0.4) is 0 Å². The smallest absolute Gasteiger partial charge is 0.329 e. The molecule has 1 saturated carbocycles. The van der Waals surface area contributed by atoms with Gasteiger partial charge in [-0.3, -0.25) is 19.2 Å². The second kappa shape index (κ2) is 32.1. The number of hydrogen-bond acceptors (Lipinski definition) is 15. The summed E-state index contributed by atoms with van der Waals surface area (Å²) in [6.07, 6.45) is 13.9. The molecule has 0 bridgehead atoms. The number of aliphatic hydroxyl groups excluding tert-OH is 4. The van der Waals surface area contributed by atoms with Crippen molar-refractivity contribution >= 4 is 29.4 Å². The van der Waals surface area contributed by atoms with Crippen LogP contribution in [0.4, 0.5) is 0 Å². The van der Waals surface area contributed by atoms with Crippen molar-refractivity contribution in [3.8, 4) is 0 Å². The topological polar surface area (TPSA) is 225 Å². The number of Topliss-reactive ketones (excluding diaryl/α,β-unsaturated/α-hetero) is 2. The summed E-state index contributed by atoms with van der Waals surface area (Å²) in [7, 11) is 4.59. The number of amides is 1. The second-order valence-electron chi connectivity index (χ2n) is 21.9. The monoisotopic (exact) mass is 1030 g/mol. The average molecular weight is 1030 g/mol. The molecule has 3 rings (SSSR count). The van der Waals surface area contributed by atoms with Gasteiger partial charge in [0, 0.05) is 46.8 Å². The number of esters is 2. The van der Waals surface area contributed by atoms with Gasteiger partial charge in [-0.1, -0.05) is 71.1 Å². The molecule has 1 amide bonds. The first-order valence-electron chi connectivity index (χ1n) is 26.9. The third-order valence-electron chi connectivity index (χ3n) is 15.5. The van der Waals surface area contributed by atoms with Crippen LogP contribution in [0.5, 0.6) is 0 Å². The zero-order valence-electron chi connectivity index (χ0n) is 46.0. The number of piperidine rings is 1. The summed E-state index contributed by atoms with van der Waals surface area (Å²) in [5.74, 6) is -3.61. The number of carbonyl (C=O) groups excluding carboxylic acids is 5. The molecule has 0 spiro atoms. The number of ether oxygens (including phenoxy) is 6. The van der Waals surface area contributed by atoms with Crippen molar-refractivity contribution in [2.45, 2.75) is 188 Å². The summed E-state index contributed by atoms with van der Waals surface area (Å²) < 4.78 is 35.8. The molecule has 1 aliphatic carbocycles. The lowest BCUT2D eigenvalue weighted by Crippen LogP contribution is -2.52. The third-order valence-corrected chi connectivity index (χ3v) is 15.5. The Morgan fingerprint density at radius 1 is 0.836 bits per heavy atom. The van der Waals surface area contributed by atoms with Crippen LogP contribution in [0, 0.1) is 40.9 Å². The fraction of sp³-hybridized carbons (Fsp3) is 0.772. The van der Waals surface area contributed by atoms with E-state index in [1.807, 2.05) is 78.0 Å². The Balaban J connectivity index is 1.98. The van der Waals surface area contributed by atoms with Gasteiger partial charge in [-0.05, 0) is 139 Å². The molecule has 2 heterocycles. The van der Waals surface area contributed by atoms with Crippen molar-refractivity contribution in [3.63, 3.8) is 0 Å².